The van der Waals surface area contributed by atoms with Crippen LogP contribution in [0, 0.1) is 3.57 Å². The molecule has 4 heteroatoms. The van der Waals surface area contributed by atoms with Crippen molar-refractivity contribution in [3.8, 4) is 0 Å². The predicted octanol–water partition coefficient (Wildman–Crippen LogP) is 1.57. The van der Waals surface area contributed by atoms with E-state index in [1.54, 1.807) is 12.5 Å². The van der Waals surface area contributed by atoms with Gasteiger partial charge in [0.1, 0.15) is 5.52 Å². The normalized spacial score (nSPS) is 10.7. The first-order valence-electron chi connectivity index (χ1n) is 3.20. The molecule has 0 aromatic carbocycles. The lowest BCUT2D eigenvalue weighted by atomic mass is 10.4. The topological polar surface area (TPSA) is 30.7 Å². The number of hydrogen-bond donors (Lipinski definition) is 0. The summed E-state index contributed by atoms with van der Waals surface area (Å²) in [5.74, 6) is 0. The Balaban J connectivity index is 2.94. The third kappa shape index (κ3) is 1.01. The maximum atomic E-state index is 4.21. The first-order chi connectivity index (χ1) is 5.29. The Morgan fingerprint density at radius 2 is 2.27 bits per heavy atom. The van der Waals surface area contributed by atoms with Crippen molar-refractivity contribution in [1.29, 1.82) is 0 Å². The molecule has 11 heavy (non-hydrogen) atoms. The quantitative estimate of drug-likeness (QED) is 0.672. The second kappa shape index (κ2) is 2.44. The van der Waals surface area contributed by atoms with Gasteiger partial charge in [0.05, 0.1) is 6.33 Å². The maximum absolute atomic E-state index is 4.21. The van der Waals surface area contributed by atoms with Crippen LogP contribution in [0.25, 0.3) is 11.2 Å². The smallest absolute Gasteiger partial charge is 0.160 e. The van der Waals surface area contributed by atoms with Gasteiger partial charge in [-0.2, -0.15) is 0 Å². The maximum Gasteiger partial charge on any atom is 0.160 e. The molecule has 2 aromatic heterocycles. The molecule has 0 bridgehead atoms. The van der Waals surface area contributed by atoms with Gasteiger partial charge in [-0.3, -0.25) is 0 Å². The molecule has 0 aliphatic carbocycles. The van der Waals surface area contributed by atoms with Crippen molar-refractivity contribution in [1.82, 2.24) is 14.5 Å². The van der Waals surface area contributed by atoms with Crippen LogP contribution >= 0.6 is 22.6 Å². The van der Waals surface area contributed by atoms with Crippen molar-refractivity contribution in [2.75, 3.05) is 0 Å². The monoisotopic (exact) mass is 259 g/mol. The molecular formula is C7H6IN3. The molecule has 0 aliphatic rings. The van der Waals surface area contributed by atoms with Gasteiger partial charge in [-0.25, -0.2) is 9.97 Å². The van der Waals surface area contributed by atoms with Gasteiger partial charge in [-0.15, -0.1) is 0 Å². The Hall–Kier alpha value is -0.650. The Labute approximate surface area is 77.6 Å². The average molecular weight is 259 g/mol. The zero-order valence-corrected chi connectivity index (χ0v) is 8.11. The Bertz CT molecular complexity index is 393. The summed E-state index contributed by atoms with van der Waals surface area (Å²) in [5.41, 5.74) is 1.92. The van der Waals surface area contributed by atoms with Crippen LogP contribution in [0.5, 0.6) is 0 Å². The van der Waals surface area contributed by atoms with E-state index in [1.807, 2.05) is 17.7 Å². The van der Waals surface area contributed by atoms with E-state index < -0.39 is 0 Å². The third-order valence-corrected chi connectivity index (χ3v) is 2.42. The molecule has 0 aliphatic heterocycles. The molecule has 0 fully saturated rings. The molecule has 0 atom stereocenters. The largest absolute Gasteiger partial charge is 0.318 e. The second-order valence-corrected chi connectivity index (χ2v) is 3.48. The highest BCUT2D eigenvalue weighted by Crippen LogP contribution is 2.15. The number of pyridine rings is 1. The lowest BCUT2D eigenvalue weighted by Gasteiger charge is -1.92. The highest BCUT2D eigenvalue weighted by atomic mass is 127. The van der Waals surface area contributed by atoms with E-state index in [1.165, 1.54) is 0 Å². The van der Waals surface area contributed by atoms with E-state index in [0.717, 1.165) is 14.7 Å². The van der Waals surface area contributed by atoms with Crippen molar-refractivity contribution < 1.29 is 0 Å². The molecule has 0 saturated carbocycles. The Morgan fingerprint density at radius 3 is 3.00 bits per heavy atom. The molecule has 0 saturated heterocycles. The van der Waals surface area contributed by atoms with Gasteiger partial charge in [-0.1, -0.05) is 0 Å². The SMILES string of the molecule is Cn1cnc2c(I)ccnc21. The average Bonchev–Trinajstić information content (AvgIpc) is 2.35. The lowest BCUT2D eigenvalue weighted by molar-refractivity contribution is 0.931. The van der Waals surface area contributed by atoms with E-state index in [2.05, 4.69) is 32.6 Å². The molecule has 2 rings (SSSR count). The fourth-order valence-corrected chi connectivity index (χ4v) is 1.54. The van der Waals surface area contributed by atoms with Crippen molar-refractivity contribution >= 4 is 33.8 Å². The number of hydrogen-bond acceptors (Lipinski definition) is 2. The number of fused-ring (bicyclic) bond motifs is 1. The minimum absolute atomic E-state index is 0.942. The first-order valence-corrected chi connectivity index (χ1v) is 4.28. The van der Waals surface area contributed by atoms with E-state index in [4.69, 9.17) is 0 Å². The van der Waals surface area contributed by atoms with Gasteiger partial charge in [0.2, 0.25) is 0 Å². The van der Waals surface area contributed by atoms with Crippen molar-refractivity contribution in [3.63, 3.8) is 0 Å². The van der Waals surface area contributed by atoms with Crippen molar-refractivity contribution in [3.05, 3.63) is 22.2 Å². The minimum atomic E-state index is 0.942. The van der Waals surface area contributed by atoms with Crippen LogP contribution in [0.15, 0.2) is 18.6 Å². The van der Waals surface area contributed by atoms with E-state index in [-0.39, 0.29) is 0 Å². The summed E-state index contributed by atoms with van der Waals surface area (Å²) in [5, 5.41) is 0. The van der Waals surface area contributed by atoms with Crippen LogP contribution in [-0.4, -0.2) is 14.5 Å². The lowest BCUT2D eigenvalue weighted by Crippen LogP contribution is -1.87. The van der Waals surface area contributed by atoms with Crippen molar-refractivity contribution in [2.24, 2.45) is 7.05 Å². The summed E-state index contributed by atoms with van der Waals surface area (Å²) < 4.78 is 3.06. The van der Waals surface area contributed by atoms with Crippen LogP contribution in [-0.2, 0) is 7.05 Å². The highest BCUT2D eigenvalue weighted by molar-refractivity contribution is 14.1. The standard InChI is InChI=1S/C7H6IN3/c1-11-4-10-6-5(8)2-3-9-7(6)11/h2-4H,1H3. The van der Waals surface area contributed by atoms with Crippen LogP contribution in [0.4, 0.5) is 0 Å². The molecule has 2 aromatic rings. The summed E-state index contributed by atoms with van der Waals surface area (Å²) in [6.45, 7) is 0. The van der Waals surface area contributed by atoms with E-state index in [0.29, 0.717) is 0 Å². The first kappa shape index (κ1) is 7.02. The summed E-state index contributed by atoms with van der Waals surface area (Å²) in [6, 6.07) is 1.95. The number of nitrogens with zero attached hydrogens (tertiary/aromatic N) is 3. The van der Waals surface area contributed by atoms with Gasteiger partial charge in [-0.05, 0) is 28.7 Å². The van der Waals surface area contributed by atoms with Crippen LogP contribution in [0.2, 0.25) is 0 Å². The van der Waals surface area contributed by atoms with E-state index in [9.17, 15) is 0 Å². The molecule has 0 unspecified atom stereocenters. The van der Waals surface area contributed by atoms with Crippen LogP contribution < -0.4 is 0 Å². The zero-order chi connectivity index (χ0) is 7.84. The van der Waals surface area contributed by atoms with Crippen molar-refractivity contribution in [2.45, 2.75) is 0 Å². The molecule has 0 amide bonds. The molecule has 3 nitrogen and oxygen atoms in total. The fourth-order valence-electron chi connectivity index (χ4n) is 0.997. The second-order valence-electron chi connectivity index (χ2n) is 2.32. The molecule has 0 spiro atoms. The zero-order valence-electron chi connectivity index (χ0n) is 5.95. The number of rotatable bonds is 0. The highest BCUT2D eigenvalue weighted by Gasteiger charge is 2.02. The fraction of sp³-hybridized carbons (Fsp3) is 0.143. The van der Waals surface area contributed by atoms with Gasteiger partial charge in [0, 0.05) is 16.8 Å². The molecule has 0 radical (unpaired) electrons. The minimum Gasteiger partial charge on any atom is -0.318 e. The van der Waals surface area contributed by atoms with Crippen LogP contribution in [0.3, 0.4) is 0 Å². The van der Waals surface area contributed by atoms with Gasteiger partial charge in [0.25, 0.3) is 0 Å². The summed E-state index contributed by atoms with van der Waals surface area (Å²) >= 11 is 2.26. The van der Waals surface area contributed by atoms with Gasteiger partial charge in [0.15, 0.2) is 5.65 Å². The third-order valence-electron chi connectivity index (χ3n) is 1.55. The van der Waals surface area contributed by atoms with Crippen LogP contribution in [0.1, 0.15) is 0 Å². The van der Waals surface area contributed by atoms with Gasteiger partial charge < -0.3 is 4.57 Å². The summed E-state index contributed by atoms with van der Waals surface area (Å²) in [6.07, 6.45) is 3.58. The number of halogens is 1. The Morgan fingerprint density at radius 1 is 1.45 bits per heavy atom. The molecule has 2 heterocycles. The van der Waals surface area contributed by atoms with Gasteiger partial charge >= 0.3 is 0 Å². The molecule has 0 N–H and O–H groups in total. The molecular weight excluding hydrogens is 253 g/mol. The van der Waals surface area contributed by atoms with E-state index >= 15 is 0 Å². The number of aryl methyl sites for hydroxylation is 1. The number of aromatic nitrogens is 3. The molecule has 56 valence electrons. The Kier molecular flexibility index (Phi) is 1.56. The predicted molar refractivity (Wildman–Crippen MR) is 51.2 cm³/mol. The number of imidazole rings is 1. The summed E-state index contributed by atoms with van der Waals surface area (Å²) in [4.78, 5) is 8.41. The summed E-state index contributed by atoms with van der Waals surface area (Å²) in [7, 11) is 1.94.